The highest BCUT2D eigenvalue weighted by molar-refractivity contribution is 7.46. The molecule has 0 aromatic heterocycles. The number of carbonyl (C=O) groups excluding carboxylic acids is 1. The Bertz CT molecular complexity index is 713. The number of ether oxygens (including phenoxy) is 2. The summed E-state index contributed by atoms with van der Waals surface area (Å²) in [5.74, 6) is -0.511. The third kappa shape index (κ3) is 19.7. The van der Waals surface area contributed by atoms with E-state index in [0.717, 1.165) is 37.9 Å². The SMILES string of the molecule is CCCCCCCCCCCCCCCCCCOCC(COP(=O)([O-])OC=C1CCC[N+]1(C)C)OC(C)=O. The van der Waals surface area contributed by atoms with Gasteiger partial charge in [-0.1, -0.05) is 103 Å². The lowest BCUT2D eigenvalue weighted by molar-refractivity contribution is -0.843. The Labute approximate surface area is 239 Å². The zero-order chi connectivity index (χ0) is 28.8. The van der Waals surface area contributed by atoms with Gasteiger partial charge < -0.3 is 23.4 Å². The molecule has 0 saturated carbocycles. The fourth-order valence-electron chi connectivity index (χ4n) is 4.95. The molecule has 0 aromatic carbocycles. The molecule has 1 aliphatic rings. The molecule has 0 spiro atoms. The number of unbranched alkanes of at least 4 members (excludes halogenated alkanes) is 15. The predicted molar refractivity (Wildman–Crippen MR) is 155 cm³/mol. The Morgan fingerprint density at radius 3 is 1.87 bits per heavy atom. The van der Waals surface area contributed by atoms with E-state index >= 15 is 0 Å². The van der Waals surface area contributed by atoms with Crippen LogP contribution in [0.25, 0.3) is 0 Å². The van der Waals surface area contributed by atoms with Crippen LogP contribution < -0.4 is 4.89 Å². The molecule has 2 atom stereocenters. The Morgan fingerprint density at radius 1 is 0.897 bits per heavy atom. The molecular weight excluding hydrogens is 517 g/mol. The van der Waals surface area contributed by atoms with E-state index in [1.54, 1.807) is 0 Å². The highest BCUT2D eigenvalue weighted by Crippen LogP contribution is 2.40. The molecule has 1 aliphatic heterocycles. The normalized spacial score (nSPS) is 18.2. The van der Waals surface area contributed by atoms with Crippen molar-refractivity contribution in [2.24, 2.45) is 0 Å². The van der Waals surface area contributed by atoms with E-state index in [9.17, 15) is 14.3 Å². The number of carbonyl (C=O) groups is 1. The molecule has 1 fully saturated rings. The number of phosphoric acid groups is 1. The number of quaternary nitrogens is 1. The first-order valence-corrected chi connectivity index (χ1v) is 17.0. The molecule has 1 saturated heterocycles. The Balaban J connectivity index is 2.05. The molecule has 0 radical (unpaired) electrons. The van der Waals surface area contributed by atoms with Crippen molar-refractivity contribution in [2.45, 2.75) is 136 Å². The first-order valence-electron chi connectivity index (χ1n) is 15.6. The molecule has 0 aliphatic carbocycles. The van der Waals surface area contributed by atoms with Crippen LogP contribution >= 0.6 is 7.82 Å². The third-order valence-corrected chi connectivity index (χ3v) is 8.27. The van der Waals surface area contributed by atoms with Crippen molar-refractivity contribution >= 4 is 13.8 Å². The van der Waals surface area contributed by atoms with Crippen molar-refractivity contribution in [3.05, 3.63) is 12.0 Å². The van der Waals surface area contributed by atoms with Gasteiger partial charge in [-0.05, 0) is 6.42 Å². The zero-order valence-corrected chi connectivity index (χ0v) is 26.4. The summed E-state index contributed by atoms with van der Waals surface area (Å²) in [5.41, 5.74) is 0.897. The second kappa shape index (κ2) is 21.8. The van der Waals surface area contributed by atoms with E-state index in [1.165, 1.54) is 103 Å². The van der Waals surface area contributed by atoms with Gasteiger partial charge in [0.1, 0.15) is 18.1 Å². The Hall–Kier alpha value is -0.920. The Morgan fingerprint density at radius 2 is 1.41 bits per heavy atom. The lowest BCUT2D eigenvalue weighted by Gasteiger charge is -2.27. The van der Waals surface area contributed by atoms with Crippen molar-refractivity contribution in [1.82, 2.24) is 0 Å². The summed E-state index contributed by atoms with van der Waals surface area (Å²) in [6.45, 7) is 4.78. The molecule has 8 nitrogen and oxygen atoms in total. The molecular formula is C30H58NO7P. The molecule has 0 bridgehead atoms. The maximum Gasteiger partial charge on any atom is 0.319 e. The van der Waals surface area contributed by atoms with Gasteiger partial charge >= 0.3 is 13.8 Å². The standard InChI is InChI=1S/C30H58NO7P/c1-5-6-7-8-9-10-11-12-13-14-15-16-17-18-19-20-24-35-26-30(38-28(2)32)27-37-39(33,34)36-25-29-22-21-23-31(29,3)4/h25,30H,5-24,26-27H2,1-4H3. The number of hydrogen-bond donors (Lipinski definition) is 0. The summed E-state index contributed by atoms with van der Waals surface area (Å²) in [7, 11) is -0.548. The number of likely N-dealkylation sites (tertiary alicyclic amines) is 1. The number of hydrogen-bond acceptors (Lipinski definition) is 7. The van der Waals surface area contributed by atoms with Crippen LogP contribution in [0.4, 0.5) is 0 Å². The van der Waals surface area contributed by atoms with E-state index in [4.69, 9.17) is 18.5 Å². The summed E-state index contributed by atoms with van der Waals surface area (Å²) >= 11 is 0. The topological polar surface area (TPSA) is 94.1 Å². The van der Waals surface area contributed by atoms with Gasteiger partial charge in [-0.2, -0.15) is 0 Å². The van der Waals surface area contributed by atoms with Crippen molar-refractivity contribution in [3.63, 3.8) is 0 Å². The lowest BCUT2D eigenvalue weighted by Crippen LogP contribution is -2.34. The van der Waals surface area contributed by atoms with Gasteiger partial charge in [-0.3, -0.25) is 13.8 Å². The Kier molecular flexibility index (Phi) is 20.2. The minimum Gasteiger partial charge on any atom is -0.746 e. The molecule has 0 N–H and O–H groups in total. The minimum absolute atomic E-state index is 0.0866. The van der Waals surface area contributed by atoms with Gasteiger partial charge in [-0.25, -0.2) is 0 Å². The fourth-order valence-corrected chi connectivity index (χ4v) is 5.61. The first kappa shape index (κ1) is 36.1. The predicted octanol–water partition coefficient (Wildman–Crippen LogP) is 7.41. The van der Waals surface area contributed by atoms with Crippen molar-refractivity contribution in [2.75, 3.05) is 40.5 Å². The second-order valence-electron chi connectivity index (χ2n) is 11.6. The summed E-state index contributed by atoms with van der Waals surface area (Å²) in [6.07, 6.45) is 23.2. The van der Waals surface area contributed by atoms with E-state index in [1.807, 2.05) is 14.1 Å². The number of allylic oxidation sites excluding steroid dienone is 1. The van der Waals surface area contributed by atoms with E-state index in [0.29, 0.717) is 11.1 Å². The van der Waals surface area contributed by atoms with Crippen molar-refractivity contribution in [3.8, 4) is 0 Å². The van der Waals surface area contributed by atoms with Crippen LogP contribution in [0.15, 0.2) is 12.0 Å². The van der Waals surface area contributed by atoms with Crippen LogP contribution in [0, 0.1) is 0 Å². The summed E-state index contributed by atoms with van der Waals surface area (Å²) < 4.78 is 33.5. The van der Waals surface area contributed by atoms with E-state index in [-0.39, 0.29) is 13.2 Å². The average molecular weight is 576 g/mol. The molecule has 0 aromatic rings. The van der Waals surface area contributed by atoms with Gasteiger partial charge in [0.25, 0.3) is 0 Å². The highest BCUT2D eigenvalue weighted by atomic mass is 31.2. The third-order valence-electron chi connectivity index (χ3n) is 7.44. The largest absolute Gasteiger partial charge is 0.746 e. The second-order valence-corrected chi connectivity index (χ2v) is 12.9. The monoisotopic (exact) mass is 575 g/mol. The van der Waals surface area contributed by atoms with Crippen molar-refractivity contribution < 1.29 is 37.3 Å². The highest BCUT2D eigenvalue weighted by Gasteiger charge is 2.29. The van der Waals surface area contributed by atoms with E-state index < -0.39 is 19.9 Å². The van der Waals surface area contributed by atoms with Gasteiger partial charge in [0.2, 0.25) is 0 Å². The molecule has 9 heteroatoms. The zero-order valence-electron chi connectivity index (χ0n) is 25.5. The maximum absolute atomic E-state index is 12.2. The van der Waals surface area contributed by atoms with Gasteiger partial charge in [-0.15, -0.1) is 0 Å². The maximum atomic E-state index is 12.2. The summed E-state index contributed by atoms with van der Waals surface area (Å²) in [4.78, 5) is 23.6. The molecule has 39 heavy (non-hydrogen) atoms. The molecule has 1 rings (SSSR count). The van der Waals surface area contributed by atoms with Gasteiger partial charge in [0.15, 0.2) is 0 Å². The minimum atomic E-state index is -4.56. The number of phosphoric ester groups is 1. The first-order chi connectivity index (χ1) is 18.7. The number of esters is 1. The van der Waals surface area contributed by atoms with Gasteiger partial charge in [0, 0.05) is 26.4 Å². The molecule has 230 valence electrons. The molecule has 0 amide bonds. The van der Waals surface area contributed by atoms with Crippen LogP contribution in [-0.4, -0.2) is 57.0 Å². The van der Waals surface area contributed by atoms with Crippen LogP contribution in [0.1, 0.15) is 129 Å². The summed E-state index contributed by atoms with van der Waals surface area (Å²) in [5, 5.41) is 0. The smallest absolute Gasteiger partial charge is 0.319 e. The summed E-state index contributed by atoms with van der Waals surface area (Å²) in [6, 6.07) is 0. The number of nitrogens with zero attached hydrogens (tertiary/aromatic N) is 1. The van der Waals surface area contributed by atoms with Gasteiger partial charge in [0.05, 0.1) is 33.9 Å². The van der Waals surface area contributed by atoms with Crippen LogP contribution in [0.3, 0.4) is 0 Å². The van der Waals surface area contributed by atoms with Crippen LogP contribution in [0.2, 0.25) is 0 Å². The number of rotatable bonds is 25. The molecule has 2 unspecified atom stereocenters. The molecule has 1 heterocycles. The van der Waals surface area contributed by atoms with Crippen LogP contribution in [0.5, 0.6) is 0 Å². The van der Waals surface area contributed by atoms with E-state index in [2.05, 4.69) is 6.92 Å². The quantitative estimate of drug-likeness (QED) is 0.0368. The van der Waals surface area contributed by atoms with Crippen LogP contribution in [-0.2, 0) is 27.9 Å². The van der Waals surface area contributed by atoms with Crippen molar-refractivity contribution in [1.29, 1.82) is 0 Å². The average Bonchev–Trinajstić information content (AvgIpc) is 3.22. The lowest BCUT2D eigenvalue weighted by atomic mass is 10.0. The fraction of sp³-hybridized carbons (Fsp3) is 0.900.